The van der Waals surface area contributed by atoms with Crippen LogP contribution in [0.3, 0.4) is 0 Å². The Morgan fingerprint density at radius 2 is 1.80 bits per heavy atom. The average molecular weight is 359 g/mol. The first kappa shape index (κ1) is 19.4. The van der Waals surface area contributed by atoms with E-state index in [0.717, 1.165) is 32.7 Å². The molecule has 0 aliphatic carbocycles. The number of hydrogen-bond acceptors (Lipinski definition) is 4. The number of nitriles is 1. The summed E-state index contributed by atoms with van der Waals surface area (Å²) in [5.41, 5.74) is 1.87. The van der Waals surface area contributed by atoms with Crippen LogP contribution in [0.25, 0.3) is 0 Å². The standard InChI is InChI=1S/C19H26N4OS/c1-19(2,3)16-7-5-15(6-8-16)17(24)21-18(25)23-13-11-22(12-14-23)10-4-9-20/h5-8H,4,10-14H2,1-3H3,(H,21,24,25). The number of nitrogens with zero attached hydrogens (tertiary/aromatic N) is 3. The van der Waals surface area contributed by atoms with E-state index in [0.29, 0.717) is 17.1 Å². The van der Waals surface area contributed by atoms with Crippen LogP contribution in [-0.4, -0.2) is 53.5 Å². The second-order valence-electron chi connectivity index (χ2n) is 7.32. The fourth-order valence-electron chi connectivity index (χ4n) is 2.75. The van der Waals surface area contributed by atoms with Crippen molar-refractivity contribution in [3.05, 3.63) is 35.4 Å². The molecule has 1 aromatic carbocycles. The number of amides is 1. The van der Waals surface area contributed by atoms with E-state index in [1.54, 1.807) is 0 Å². The van der Waals surface area contributed by atoms with Gasteiger partial charge in [0.15, 0.2) is 5.11 Å². The zero-order chi connectivity index (χ0) is 18.4. The van der Waals surface area contributed by atoms with Crippen LogP contribution >= 0.6 is 12.2 Å². The third-order valence-corrected chi connectivity index (χ3v) is 4.79. The second-order valence-corrected chi connectivity index (χ2v) is 7.71. The zero-order valence-electron chi connectivity index (χ0n) is 15.2. The van der Waals surface area contributed by atoms with Crippen molar-refractivity contribution in [1.82, 2.24) is 15.1 Å². The van der Waals surface area contributed by atoms with Crippen molar-refractivity contribution in [2.45, 2.75) is 32.6 Å². The molecule has 134 valence electrons. The van der Waals surface area contributed by atoms with Crippen LogP contribution in [0, 0.1) is 11.3 Å². The van der Waals surface area contributed by atoms with Crippen molar-refractivity contribution < 1.29 is 4.79 Å². The molecule has 1 aliphatic heterocycles. The van der Waals surface area contributed by atoms with Crippen molar-refractivity contribution in [2.24, 2.45) is 0 Å². The van der Waals surface area contributed by atoms with Gasteiger partial charge in [-0.3, -0.25) is 15.0 Å². The third-order valence-electron chi connectivity index (χ3n) is 4.43. The molecule has 0 radical (unpaired) electrons. The Bertz CT molecular complexity index is 649. The summed E-state index contributed by atoms with van der Waals surface area (Å²) in [6.07, 6.45) is 0.547. The van der Waals surface area contributed by atoms with Crippen LogP contribution in [0.2, 0.25) is 0 Å². The highest BCUT2D eigenvalue weighted by molar-refractivity contribution is 7.80. The van der Waals surface area contributed by atoms with Gasteiger partial charge in [-0.1, -0.05) is 32.9 Å². The van der Waals surface area contributed by atoms with Gasteiger partial charge in [-0.15, -0.1) is 0 Å². The summed E-state index contributed by atoms with van der Waals surface area (Å²) in [5.74, 6) is -0.169. The Morgan fingerprint density at radius 1 is 1.20 bits per heavy atom. The SMILES string of the molecule is CC(C)(C)c1ccc(C(=O)NC(=S)N2CCN(CCC#N)CC2)cc1. The Hall–Kier alpha value is -1.97. The van der Waals surface area contributed by atoms with Crippen molar-refractivity contribution in [3.8, 4) is 6.07 Å². The average Bonchev–Trinajstić information content (AvgIpc) is 2.59. The van der Waals surface area contributed by atoms with Crippen LogP contribution in [-0.2, 0) is 5.41 Å². The molecule has 0 saturated carbocycles. The fraction of sp³-hybridized carbons (Fsp3) is 0.526. The van der Waals surface area contributed by atoms with Gasteiger partial charge < -0.3 is 4.90 Å². The number of piperazine rings is 1. The van der Waals surface area contributed by atoms with E-state index in [-0.39, 0.29) is 11.3 Å². The normalized spacial score (nSPS) is 15.5. The van der Waals surface area contributed by atoms with Gasteiger partial charge in [0, 0.05) is 44.7 Å². The molecule has 1 aromatic rings. The van der Waals surface area contributed by atoms with E-state index in [9.17, 15) is 4.79 Å². The molecule has 25 heavy (non-hydrogen) atoms. The monoisotopic (exact) mass is 358 g/mol. The Labute approximate surface area is 155 Å². The Morgan fingerprint density at radius 3 is 2.32 bits per heavy atom. The molecule has 0 aromatic heterocycles. The molecule has 0 spiro atoms. The minimum atomic E-state index is -0.169. The third kappa shape index (κ3) is 5.52. The lowest BCUT2D eigenvalue weighted by molar-refractivity contribution is 0.0969. The lowest BCUT2D eigenvalue weighted by Gasteiger charge is -2.35. The van der Waals surface area contributed by atoms with Crippen LogP contribution in [0.1, 0.15) is 43.1 Å². The summed E-state index contributed by atoms with van der Waals surface area (Å²) in [7, 11) is 0. The number of benzene rings is 1. The topological polar surface area (TPSA) is 59.4 Å². The lowest BCUT2D eigenvalue weighted by atomic mass is 9.87. The van der Waals surface area contributed by atoms with Gasteiger partial charge in [-0.2, -0.15) is 5.26 Å². The maximum atomic E-state index is 12.4. The molecule has 2 rings (SSSR count). The molecule has 1 heterocycles. The molecular weight excluding hydrogens is 332 g/mol. The highest BCUT2D eigenvalue weighted by Gasteiger charge is 2.20. The van der Waals surface area contributed by atoms with E-state index in [4.69, 9.17) is 17.5 Å². The number of rotatable bonds is 3. The predicted octanol–water partition coefficient (Wildman–Crippen LogP) is 2.53. The molecule has 0 atom stereocenters. The number of carbonyl (C=O) groups excluding carboxylic acids is 1. The summed E-state index contributed by atoms with van der Waals surface area (Å²) in [5, 5.41) is 12.0. The number of hydrogen-bond donors (Lipinski definition) is 1. The van der Waals surface area contributed by atoms with Crippen molar-refractivity contribution >= 4 is 23.2 Å². The quantitative estimate of drug-likeness (QED) is 0.842. The first-order valence-corrected chi connectivity index (χ1v) is 9.02. The van der Waals surface area contributed by atoms with Gasteiger partial charge in [0.05, 0.1) is 6.07 Å². The highest BCUT2D eigenvalue weighted by atomic mass is 32.1. The number of nitrogens with one attached hydrogen (secondary N) is 1. The largest absolute Gasteiger partial charge is 0.346 e. The molecule has 1 aliphatic rings. The molecule has 0 unspecified atom stereocenters. The van der Waals surface area contributed by atoms with E-state index in [2.05, 4.69) is 37.1 Å². The summed E-state index contributed by atoms with van der Waals surface area (Å²) in [4.78, 5) is 16.7. The minimum Gasteiger partial charge on any atom is -0.346 e. The Kier molecular flexibility index (Phi) is 6.51. The molecular formula is C19H26N4OS. The molecule has 1 fully saturated rings. The van der Waals surface area contributed by atoms with Gasteiger partial charge in [0.1, 0.15) is 0 Å². The summed E-state index contributed by atoms with van der Waals surface area (Å²) >= 11 is 5.38. The van der Waals surface area contributed by atoms with E-state index in [1.807, 2.05) is 29.2 Å². The van der Waals surface area contributed by atoms with E-state index >= 15 is 0 Å². The predicted molar refractivity (Wildman–Crippen MR) is 103 cm³/mol. The summed E-state index contributed by atoms with van der Waals surface area (Å²) < 4.78 is 0. The maximum Gasteiger partial charge on any atom is 0.257 e. The molecule has 0 bridgehead atoms. The maximum absolute atomic E-state index is 12.4. The van der Waals surface area contributed by atoms with E-state index < -0.39 is 0 Å². The molecule has 6 heteroatoms. The van der Waals surface area contributed by atoms with Crippen molar-refractivity contribution in [1.29, 1.82) is 5.26 Å². The first-order chi connectivity index (χ1) is 11.8. The van der Waals surface area contributed by atoms with E-state index in [1.165, 1.54) is 5.56 Å². The van der Waals surface area contributed by atoms with Gasteiger partial charge >= 0.3 is 0 Å². The van der Waals surface area contributed by atoms with Crippen LogP contribution in [0.15, 0.2) is 24.3 Å². The second kappa shape index (κ2) is 8.41. The van der Waals surface area contributed by atoms with Crippen LogP contribution in [0.5, 0.6) is 0 Å². The fourth-order valence-corrected chi connectivity index (χ4v) is 3.03. The molecule has 5 nitrogen and oxygen atoms in total. The van der Waals surface area contributed by atoms with Gasteiger partial charge in [-0.25, -0.2) is 0 Å². The van der Waals surface area contributed by atoms with Crippen molar-refractivity contribution in [3.63, 3.8) is 0 Å². The van der Waals surface area contributed by atoms with Gasteiger partial charge in [0.25, 0.3) is 5.91 Å². The number of carbonyl (C=O) groups is 1. The highest BCUT2D eigenvalue weighted by Crippen LogP contribution is 2.22. The van der Waals surface area contributed by atoms with Gasteiger partial charge in [0.2, 0.25) is 0 Å². The van der Waals surface area contributed by atoms with Gasteiger partial charge in [-0.05, 0) is 35.3 Å². The first-order valence-electron chi connectivity index (χ1n) is 8.61. The number of thiocarbonyl (C=S) groups is 1. The molecule has 1 amide bonds. The molecule has 1 N–H and O–H groups in total. The summed E-state index contributed by atoms with van der Waals surface area (Å²) in [6.45, 7) is 10.5. The zero-order valence-corrected chi connectivity index (χ0v) is 16.0. The Balaban J connectivity index is 1.86. The minimum absolute atomic E-state index is 0.0650. The van der Waals surface area contributed by atoms with Crippen molar-refractivity contribution in [2.75, 3.05) is 32.7 Å². The lowest BCUT2D eigenvalue weighted by Crippen LogP contribution is -2.52. The smallest absolute Gasteiger partial charge is 0.257 e. The van der Waals surface area contributed by atoms with Crippen LogP contribution < -0.4 is 5.32 Å². The van der Waals surface area contributed by atoms with Crippen LogP contribution in [0.4, 0.5) is 0 Å². The summed E-state index contributed by atoms with van der Waals surface area (Å²) in [6, 6.07) is 9.84. The molecule has 1 saturated heterocycles.